The van der Waals surface area contributed by atoms with Crippen LogP contribution in [0.4, 0.5) is 0 Å². The first kappa shape index (κ1) is 13.8. The molecule has 0 spiro atoms. The van der Waals surface area contributed by atoms with Gasteiger partial charge in [-0.25, -0.2) is 0 Å². The smallest absolute Gasteiger partial charge is 0.240 e. The number of fused-ring (bicyclic) bond motifs is 1. The average Bonchev–Trinajstić information content (AvgIpc) is 3.28. The van der Waals surface area contributed by atoms with Gasteiger partial charge in [0.05, 0.1) is 12.1 Å². The van der Waals surface area contributed by atoms with Crippen molar-refractivity contribution in [2.75, 3.05) is 13.1 Å². The molecule has 2 atom stereocenters. The van der Waals surface area contributed by atoms with Gasteiger partial charge in [-0.1, -0.05) is 12.8 Å². The summed E-state index contributed by atoms with van der Waals surface area (Å²) in [6.45, 7) is 1.92. The minimum atomic E-state index is 0.0638. The lowest BCUT2D eigenvalue weighted by Gasteiger charge is -2.38. The van der Waals surface area contributed by atoms with Gasteiger partial charge in [0.1, 0.15) is 0 Å². The Morgan fingerprint density at radius 2 is 2.14 bits per heavy atom. The molecule has 2 fully saturated rings. The predicted octanol–water partition coefficient (Wildman–Crippen LogP) is 3.12. The number of rotatable bonds is 2. The van der Waals surface area contributed by atoms with E-state index >= 15 is 0 Å². The van der Waals surface area contributed by atoms with Crippen molar-refractivity contribution in [2.24, 2.45) is 5.92 Å². The Morgan fingerprint density at radius 1 is 1.24 bits per heavy atom. The normalized spacial score (nSPS) is 29.8. The van der Waals surface area contributed by atoms with E-state index in [0.717, 1.165) is 25.9 Å². The summed E-state index contributed by atoms with van der Waals surface area (Å²) in [4.78, 5) is 16.8. The third-order valence-corrected chi connectivity index (χ3v) is 6.22. The molecule has 1 aliphatic carbocycles. The highest BCUT2D eigenvalue weighted by molar-refractivity contribution is 7.10. The minimum Gasteiger partial charge on any atom is -0.334 e. The summed E-state index contributed by atoms with van der Waals surface area (Å²) in [6.07, 6.45) is 8.32. The third-order valence-electron chi connectivity index (χ3n) is 5.22. The highest BCUT2D eigenvalue weighted by Gasteiger charge is 2.43. The molecule has 21 heavy (non-hydrogen) atoms. The van der Waals surface area contributed by atoms with Crippen LogP contribution in [0, 0.1) is 5.92 Å². The minimum absolute atomic E-state index is 0.0638. The molecule has 1 amide bonds. The third kappa shape index (κ3) is 2.64. The van der Waals surface area contributed by atoms with E-state index in [4.69, 9.17) is 0 Å². The summed E-state index contributed by atoms with van der Waals surface area (Å²) < 4.78 is 0. The summed E-state index contributed by atoms with van der Waals surface area (Å²) in [6, 6.07) is 2.70. The van der Waals surface area contributed by atoms with Crippen molar-refractivity contribution < 1.29 is 4.79 Å². The van der Waals surface area contributed by atoms with Crippen LogP contribution in [0.15, 0.2) is 11.4 Å². The summed E-state index contributed by atoms with van der Waals surface area (Å²) in [5, 5.41) is 5.69. The molecule has 1 saturated heterocycles. The van der Waals surface area contributed by atoms with Crippen molar-refractivity contribution in [2.45, 2.75) is 57.0 Å². The molecular weight excluding hydrogens is 280 g/mol. The maximum atomic E-state index is 13.0. The topological polar surface area (TPSA) is 32.3 Å². The number of nitrogens with zero attached hydrogens (tertiary/aromatic N) is 1. The molecule has 0 radical (unpaired) electrons. The molecule has 2 aliphatic heterocycles. The van der Waals surface area contributed by atoms with Gasteiger partial charge in [-0.05, 0) is 61.6 Å². The van der Waals surface area contributed by atoms with E-state index in [9.17, 15) is 4.79 Å². The van der Waals surface area contributed by atoms with Crippen LogP contribution in [-0.4, -0.2) is 29.9 Å². The number of carbonyl (C=O) groups excluding carboxylic acids is 1. The van der Waals surface area contributed by atoms with Crippen LogP contribution in [0.5, 0.6) is 0 Å². The number of hydrogen-bond donors (Lipinski definition) is 1. The molecule has 1 aromatic rings. The van der Waals surface area contributed by atoms with Gasteiger partial charge in [0.15, 0.2) is 0 Å². The van der Waals surface area contributed by atoms with Crippen molar-refractivity contribution in [1.82, 2.24) is 10.2 Å². The number of amides is 1. The zero-order valence-electron chi connectivity index (χ0n) is 12.5. The monoisotopic (exact) mass is 304 g/mol. The first-order valence-electron chi connectivity index (χ1n) is 8.45. The van der Waals surface area contributed by atoms with Crippen LogP contribution >= 0.6 is 11.3 Å². The van der Waals surface area contributed by atoms with E-state index in [0.29, 0.717) is 17.9 Å². The Balaban J connectivity index is 1.57. The van der Waals surface area contributed by atoms with Crippen LogP contribution in [0.2, 0.25) is 0 Å². The summed E-state index contributed by atoms with van der Waals surface area (Å²) in [5.74, 6) is 1.08. The zero-order valence-corrected chi connectivity index (χ0v) is 13.3. The van der Waals surface area contributed by atoms with Gasteiger partial charge in [0.25, 0.3) is 0 Å². The van der Waals surface area contributed by atoms with Crippen molar-refractivity contribution >= 4 is 17.2 Å². The second-order valence-corrected chi connectivity index (χ2v) is 7.72. The highest BCUT2D eigenvalue weighted by atomic mass is 32.1. The molecule has 1 aromatic heterocycles. The van der Waals surface area contributed by atoms with Crippen molar-refractivity contribution in [3.63, 3.8) is 0 Å². The first-order chi connectivity index (χ1) is 10.3. The van der Waals surface area contributed by atoms with E-state index in [1.165, 1.54) is 42.5 Å². The Bertz CT molecular complexity index is 515. The molecule has 1 N–H and O–H groups in total. The van der Waals surface area contributed by atoms with Gasteiger partial charge in [0.2, 0.25) is 5.91 Å². The molecule has 4 rings (SSSR count). The van der Waals surface area contributed by atoms with Gasteiger partial charge in [-0.3, -0.25) is 4.79 Å². The standard InChI is InChI=1S/C17H24N2OS/c20-17(14-4-2-1-3-9-18-14)19-10-7-15-13(8-11-21-15)16(19)12-5-6-12/h8,11-12,14,16,18H,1-7,9-10H2. The maximum Gasteiger partial charge on any atom is 0.240 e. The lowest BCUT2D eigenvalue weighted by Crippen LogP contribution is -2.50. The molecule has 4 heteroatoms. The second-order valence-electron chi connectivity index (χ2n) is 6.72. The van der Waals surface area contributed by atoms with E-state index < -0.39 is 0 Å². The van der Waals surface area contributed by atoms with E-state index in [-0.39, 0.29) is 6.04 Å². The predicted molar refractivity (Wildman–Crippen MR) is 85.5 cm³/mol. The molecule has 3 aliphatic rings. The summed E-state index contributed by atoms with van der Waals surface area (Å²) >= 11 is 1.87. The van der Waals surface area contributed by atoms with Crippen LogP contribution < -0.4 is 5.32 Å². The van der Waals surface area contributed by atoms with Gasteiger partial charge in [-0.15, -0.1) is 11.3 Å². The Hall–Kier alpha value is -0.870. The van der Waals surface area contributed by atoms with Crippen molar-refractivity contribution in [3.8, 4) is 0 Å². The van der Waals surface area contributed by atoms with Crippen molar-refractivity contribution in [3.05, 3.63) is 21.9 Å². The maximum absolute atomic E-state index is 13.0. The van der Waals surface area contributed by atoms with Crippen LogP contribution in [0.1, 0.15) is 55.0 Å². The van der Waals surface area contributed by atoms with Gasteiger partial charge < -0.3 is 10.2 Å². The summed E-state index contributed by atoms with van der Waals surface area (Å²) in [7, 11) is 0. The Labute approximate surface area is 130 Å². The van der Waals surface area contributed by atoms with Crippen LogP contribution in [0.3, 0.4) is 0 Å². The Morgan fingerprint density at radius 3 is 3.00 bits per heavy atom. The van der Waals surface area contributed by atoms with E-state index in [2.05, 4.69) is 21.7 Å². The molecular formula is C17H24N2OS. The molecule has 2 unspecified atom stereocenters. The number of hydrogen-bond acceptors (Lipinski definition) is 3. The molecule has 0 aromatic carbocycles. The number of thiophene rings is 1. The lowest BCUT2D eigenvalue weighted by molar-refractivity contribution is -0.137. The van der Waals surface area contributed by atoms with Crippen LogP contribution in [0.25, 0.3) is 0 Å². The molecule has 3 heterocycles. The summed E-state index contributed by atoms with van der Waals surface area (Å²) in [5.41, 5.74) is 1.45. The van der Waals surface area contributed by atoms with E-state index in [1.54, 1.807) is 0 Å². The molecule has 114 valence electrons. The fourth-order valence-corrected chi connectivity index (χ4v) is 4.87. The fraction of sp³-hybridized carbons (Fsp3) is 0.706. The quantitative estimate of drug-likeness (QED) is 0.910. The lowest BCUT2D eigenvalue weighted by atomic mass is 9.94. The van der Waals surface area contributed by atoms with E-state index in [1.807, 2.05) is 11.3 Å². The second kappa shape index (κ2) is 5.73. The average molecular weight is 304 g/mol. The first-order valence-corrected chi connectivity index (χ1v) is 9.32. The largest absolute Gasteiger partial charge is 0.334 e. The Kier molecular flexibility index (Phi) is 3.76. The fourth-order valence-electron chi connectivity index (χ4n) is 3.95. The molecule has 0 bridgehead atoms. The van der Waals surface area contributed by atoms with Gasteiger partial charge in [0, 0.05) is 11.4 Å². The number of nitrogens with one attached hydrogen (secondary N) is 1. The van der Waals surface area contributed by atoms with Gasteiger partial charge in [-0.2, -0.15) is 0 Å². The SMILES string of the molecule is O=C(C1CCCCCN1)N1CCc2sccc2C1C1CC1. The van der Waals surface area contributed by atoms with Gasteiger partial charge >= 0.3 is 0 Å². The van der Waals surface area contributed by atoms with Crippen LogP contribution in [-0.2, 0) is 11.2 Å². The highest BCUT2D eigenvalue weighted by Crippen LogP contribution is 2.48. The molecule has 1 saturated carbocycles. The number of carbonyl (C=O) groups is 1. The molecule has 3 nitrogen and oxygen atoms in total. The van der Waals surface area contributed by atoms with Crippen molar-refractivity contribution in [1.29, 1.82) is 0 Å². The zero-order chi connectivity index (χ0) is 14.2.